The van der Waals surface area contributed by atoms with E-state index >= 15 is 0 Å². The molecule has 31 heavy (non-hydrogen) atoms. The second kappa shape index (κ2) is 9.40. The molecule has 9 heteroatoms. The molecule has 2 aromatic rings. The lowest BCUT2D eigenvalue weighted by Gasteiger charge is -2.39. The highest BCUT2D eigenvalue weighted by atomic mass is 35.5. The van der Waals surface area contributed by atoms with E-state index in [2.05, 4.69) is 9.98 Å². The van der Waals surface area contributed by atoms with Crippen molar-refractivity contribution in [2.45, 2.75) is 39.3 Å². The van der Waals surface area contributed by atoms with E-state index in [0.717, 1.165) is 0 Å². The van der Waals surface area contributed by atoms with Crippen molar-refractivity contribution in [2.24, 2.45) is 4.99 Å². The Hall–Kier alpha value is -2.38. The number of nitrogens with zero attached hydrogens (tertiary/aromatic N) is 4. The normalized spacial score (nSPS) is 17.3. The average Bonchev–Trinajstić information content (AvgIpc) is 2.68. The molecule has 1 aromatic heterocycles. The number of carbonyl (C=O) groups is 1. The number of aliphatic imine (C=N–C) groups is 1. The van der Waals surface area contributed by atoms with Crippen LogP contribution in [0.4, 0.5) is 14.9 Å². The molecule has 1 aliphatic heterocycles. The minimum atomic E-state index is -0.531. The number of piperazine rings is 1. The molecule has 0 saturated carbocycles. The molecular weight excluding hydrogens is 442 g/mol. The van der Waals surface area contributed by atoms with Crippen LogP contribution in [0, 0.1) is 5.82 Å². The van der Waals surface area contributed by atoms with Gasteiger partial charge in [0.1, 0.15) is 17.1 Å². The highest BCUT2D eigenvalue weighted by Crippen LogP contribution is 2.34. The lowest BCUT2D eigenvalue weighted by Crippen LogP contribution is -2.53. The quantitative estimate of drug-likeness (QED) is 0.326. The molecule has 6 nitrogen and oxygen atoms in total. The molecule has 0 N–H and O–H groups in total. The fourth-order valence-corrected chi connectivity index (χ4v) is 3.60. The van der Waals surface area contributed by atoms with Gasteiger partial charge in [0.2, 0.25) is 0 Å². The van der Waals surface area contributed by atoms with E-state index in [1.54, 1.807) is 35.5 Å². The Labute approximate surface area is 191 Å². The van der Waals surface area contributed by atoms with Gasteiger partial charge in [0.15, 0.2) is 5.15 Å². The molecule has 1 fully saturated rings. The summed E-state index contributed by atoms with van der Waals surface area (Å²) >= 11 is 12.6. The monoisotopic (exact) mass is 466 g/mol. The third-order valence-electron chi connectivity index (χ3n) is 4.72. The van der Waals surface area contributed by atoms with Crippen molar-refractivity contribution in [3.8, 4) is 11.3 Å². The van der Waals surface area contributed by atoms with Gasteiger partial charge >= 0.3 is 6.09 Å². The van der Waals surface area contributed by atoms with Crippen LogP contribution < -0.4 is 0 Å². The number of amides is 1. The number of hydrogen-bond donors (Lipinski definition) is 0. The van der Waals surface area contributed by atoms with E-state index in [-0.39, 0.29) is 33.6 Å². The maximum atomic E-state index is 14.1. The summed E-state index contributed by atoms with van der Waals surface area (Å²) in [5, 5.41) is 0.378. The van der Waals surface area contributed by atoms with Crippen LogP contribution in [0.15, 0.2) is 35.3 Å². The van der Waals surface area contributed by atoms with Gasteiger partial charge < -0.3 is 14.5 Å². The van der Waals surface area contributed by atoms with Crippen LogP contribution in [0.3, 0.4) is 0 Å². The smallest absolute Gasteiger partial charge is 0.410 e. The zero-order valence-electron chi connectivity index (χ0n) is 17.9. The number of ether oxygens (including phenoxy) is 1. The van der Waals surface area contributed by atoms with E-state index in [4.69, 9.17) is 27.9 Å². The van der Waals surface area contributed by atoms with Crippen LogP contribution in [0.5, 0.6) is 0 Å². The molecule has 0 aliphatic carbocycles. The number of benzene rings is 1. The van der Waals surface area contributed by atoms with Crippen LogP contribution in [-0.4, -0.2) is 58.5 Å². The molecule has 0 radical (unpaired) electrons. The van der Waals surface area contributed by atoms with Crippen LogP contribution in [-0.2, 0) is 4.74 Å². The van der Waals surface area contributed by atoms with Crippen LogP contribution >= 0.6 is 23.2 Å². The molecule has 0 bridgehead atoms. The zero-order valence-corrected chi connectivity index (χ0v) is 19.4. The second-order valence-electron chi connectivity index (χ2n) is 8.37. The van der Waals surface area contributed by atoms with Gasteiger partial charge in [0.05, 0.1) is 17.1 Å². The van der Waals surface area contributed by atoms with Crippen LogP contribution in [0.1, 0.15) is 27.7 Å². The first-order valence-corrected chi connectivity index (χ1v) is 10.7. The lowest BCUT2D eigenvalue weighted by atomic mass is 10.1. The fourth-order valence-electron chi connectivity index (χ4n) is 3.16. The summed E-state index contributed by atoms with van der Waals surface area (Å²) < 4.78 is 19.5. The molecule has 0 unspecified atom stereocenters. The summed E-state index contributed by atoms with van der Waals surface area (Å²) in [7, 11) is 0. The van der Waals surface area contributed by atoms with E-state index < -0.39 is 11.4 Å². The van der Waals surface area contributed by atoms with Crippen molar-refractivity contribution in [3.63, 3.8) is 0 Å². The summed E-state index contributed by atoms with van der Waals surface area (Å²) in [4.78, 5) is 24.7. The fraction of sp³-hybridized carbons (Fsp3) is 0.409. The largest absolute Gasteiger partial charge is 0.444 e. The van der Waals surface area contributed by atoms with Gasteiger partial charge in [-0.3, -0.25) is 0 Å². The third-order valence-corrected chi connectivity index (χ3v) is 5.28. The Morgan fingerprint density at radius 1 is 1.29 bits per heavy atom. The Balaban J connectivity index is 1.71. The third kappa shape index (κ3) is 5.86. The van der Waals surface area contributed by atoms with Gasteiger partial charge in [0, 0.05) is 31.2 Å². The van der Waals surface area contributed by atoms with Crippen molar-refractivity contribution in [2.75, 3.05) is 19.6 Å². The summed E-state index contributed by atoms with van der Waals surface area (Å²) in [5.41, 5.74) is 0.393. The Morgan fingerprint density at radius 2 is 2.00 bits per heavy atom. The number of aromatic nitrogens is 1. The summed E-state index contributed by atoms with van der Waals surface area (Å²) in [6.45, 7) is 9.16. The maximum absolute atomic E-state index is 14.1. The number of halogens is 3. The number of hydrogen-bond acceptors (Lipinski definition) is 4. The van der Waals surface area contributed by atoms with E-state index in [1.165, 1.54) is 6.07 Å². The molecule has 1 saturated heterocycles. The molecule has 1 aromatic carbocycles. The Bertz CT molecular complexity index is 994. The van der Waals surface area contributed by atoms with Gasteiger partial charge in [-0.25, -0.2) is 19.2 Å². The minimum absolute atomic E-state index is 0.0323. The molecule has 166 valence electrons. The maximum Gasteiger partial charge on any atom is 0.410 e. The molecule has 3 rings (SSSR count). The first-order valence-electron chi connectivity index (χ1n) is 9.94. The van der Waals surface area contributed by atoms with Gasteiger partial charge in [-0.1, -0.05) is 35.3 Å². The van der Waals surface area contributed by atoms with E-state index in [9.17, 15) is 9.18 Å². The van der Waals surface area contributed by atoms with Crippen molar-refractivity contribution < 1.29 is 13.9 Å². The Morgan fingerprint density at radius 3 is 2.65 bits per heavy atom. The van der Waals surface area contributed by atoms with Crippen LogP contribution in [0.2, 0.25) is 10.2 Å². The molecule has 2 heterocycles. The van der Waals surface area contributed by atoms with E-state index in [1.807, 2.05) is 32.6 Å². The van der Waals surface area contributed by atoms with Gasteiger partial charge in [0.25, 0.3) is 0 Å². The molecule has 1 aliphatic rings. The van der Waals surface area contributed by atoms with Crippen molar-refractivity contribution in [1.82, 2.24) is 14.8 Å². The number of pyridine rings is 1. The topological polar surface area (TPSA) is 58.0 Å². The summed E-state index contributed by atoms with van der Waals surface area (Å²) in [5.74, 6) is -0.430. The minimum Gasteiger partial charge on any atom is -0.444 e. The molecule has 1 amide bonds. The zero-order chi connectivity index (χ0) is 22.8. The van der Waals surface area contributed by atoms with Crippen molar-refractivity contribution >= 4 is 41.3 Å². The number of rotatable bonds is 3. The van der Waals surface area contributed by atoms with Gasteiger partial charge in [-0.2, -0.15) is 0 Å². The predicted octanol–water partition coefficient (Wildman–Crippen LogP) is 5.80. The highest BCUT2D eigenvalue weighted by molar-refractivity contribution is 6.35. The summed E-state index contributed by atoms with van der Waals surface area (Å²) in [6, 6.07) is 7.83. The first-order chi connectivity index (χ1) is 14.5. The van der Waals surface area contributed by atoms with Crippen molar-refractivity contribution in [3.05, 3.63) is 46.3 Å². The number of carbonyl (C=O) groups excluding carboxylic acids is 1. The lowest BCUT2D eigenvalue weighted by molar-refractivity contribution is 0.0137. The first kappa shape index (κ1) is 23.3. The van der Waals surface area contributed by atoms with E-state index in [0.29, 0.717) is 25.3 Å². The molecular formula is C22H25Cl2FN4O2. The average molecular weight is 467 g/mol. The van der Waals surface area contributed by atoms with Crippen molar-refractivity contribution in [1.29, 1.82) is 0 Å². The molecule has 0 spiro atoms. The van der Waals surface area contributed by atoms with Crippen LogP contribution in [0.25, 0.3) is 11.3 Å². The highest BCUT2D eigenvalue weighted by Gasteiger charge is 2.28. The SMILES string of the molecule is C[C@H]1CN(C(=O)OC(C)(C)C)CCN1C=Nc1cc(Cl)c(-c2ccccc2F)nc1Cl. The Kier molecular flexibility index (Phi) is 7.06. The summed E-state index contributed by atoms with van der Waals surface area (Å²) in [6.07, 6.45) is 1.35. The van der Waals surface area contributed by atoms with Gasteiger partial charge in [-0.15, -0.1) is 0 Å². The second-order valence-corrected chi connectivity index (χ2v) is 9.13. The standard InChI is InChI=1S/C22H25Cl2FN4O2/c1-14-12-28(21(30)31-22(2,3)4)9-10-29(14)13-26-18-11-16(23)19(27-20(18)24)15-7-5-6-8-17(15)25/h5-8,11,13-14H,9-10,12H2,1-4H3/t14-/m0/s1. The van der Waals surface area contributed by atoms with Gasteiger partial charge in [-0.05, 0) is 45.9 Å². The molecule has 1 atom stereocenters. The predicted molar refractivity (Wildman–Crippen MR) is 122 cm³/mol.